The molecule has 1 aromatic carbocycles. The van der Waals surface area contributed by atoms with E-state index in [9.17, 15) is 0 Å². The van der Waals surface area contributed by atoms with Gasteiger partial charge in [0.1, 0.15) is 6.61 Å². The number of nitrogens with zero attached hydrogens (tertiary/aromatic N) is 3. The van der Waals surface area contributed by atoms with E-state index in [0.717, 1.165) is 16.8 Å². The fraction of sp³-hybridized carbons (Fsp3) is 0.250. The standard InChI is InChI=1S/C16H20N4O2/c1-11(2)10-22-15-13(6-5-7-14(15)21-4)8-18-20-9-12(3)19-16(20)17/h5-9H,1,10H2,2-4H3,(H2,17,19). The molecule has 116 valence electrons. The van der Waals surface area contributed by atoms with Crippen LogP contribution >= 0.6 is 0 Å². The summed E-state index contributed by atoms with van der Waals surface area (Å²) in [4.78, 5) is 4.10. The van der Waals surface area contributed by atoms with Crippen molar-refractivity contribution >= 4 is 12.2 Å². The highest BCUT2D eigenvalue weighted by atomic mass is 16.5. The van der Waals surface area contributed by atoms with E-state index in [1.807, 2.05) is 32.0 Å². The van der Waals surface area contributed by atoms with Crippen LogP contribution in [0, 0.1) is 6.92 Å². The van der Waals surface area contributed by atoms with Crippen molar-refractivity contribution in [1.29, 1.82) is 0 Å². The zero-order chi connectivity index (χ0) is 16.1. The number of nitrogen functional groups attached to an aromatic ring is 1. The third-order valence-corrected chi connectivity index (χ3v) is 2.85. The molecule has 0 saturated carbocycles. The number of ether oxygens (including phenoxy) is 2. The molecular formula is C16H20N4O2. The Labute approximate surface area is 129 Å². The number of hydrogen-bond donors (Lipinski definition) is 1. The fourth-order valence-electron chi connectivity index (χ4n) is 1.87. The second-order valence-corrected chi connectivity index (χ2v) is 4.95. The summed E-state index contributed by atoms with van der Waals surface area (Å²) in [7, 11) is 1.60. The number of aromatic nitrogens is 2. The topological polar surface area (TPSA) is 74.7 Å². The number of methoxy groups -OCH3 is 1. The lowest BCUT2D eigenvalue weighted by molar-refractivity contribution is 0.319. The summed E-state index contributed by atoms with van der Waals surface area (Å²) < 4.78 is 12.6. The SMILES string of the molecule is C=C(C)COc1c(C=Nn2cc(C)nc2N)cccc1OC. The highest BCUT2D eigenvalue weighted by Gasteiger charge is 2.09. The van der Waals surface area contributed by atoms with Gasteiger partial charge in [-0.2, -0.15) is 5.10 Å². The molecule has 0 aliphatic heterocycles. The van der Waals surface area contributed by atoms with Crippen LogP contribution in [0.1, 0.15) is 18.2 Å². The maximum atomic E-state index is 5.77. The van der Waals surface area contributed by atoms with E-state index >= 15 is 0 Å². The summed E-state index contributed by atoms with van der Waals surface area (Å²) >= 11 is 0. The van der Waals surface area contributed by atoms with Gasteiger partial charge in [-0.15, -0.1) is 0 Å². The molecule has 0 amide bonds. The molecule has 0 spiro atoms. The van der Waals surface area contributed by atoms with Gasteiger partial charge in [-0.3, -0.25) is 0 Å². The number of rotatable bonds is 6. The Morgan fingerprint density at radius 1 is 1.50 bits per heavy atom. The molecule has 6 nitrogen and oxygen atoms in total. The van der Waals surface area contributed by atoms with Gasteiger partial charge in [-0.1, -0.05) is 12.6 Å². The molecule has 2 rings (SSSR count). The van der Waals surface area contributed by atoms with Gasteiger partial charge >= 0.3 is 0 Å². The smallest absolute Gasteiger partial charge is 0.221 e. The number of hydrogen-bond acceptors (Lipinski definition) is 5. The summed E-state index contributed by atoms with van der Waals surface area (Å²) in [6.45, 7) is 8.00. The molecule has 0 unspecified atom stereocenters. The molecule has 0 bridgehead atoms. The van der Waals surface area contributed by atoms with Crippen molar-refractivity contribution in [3.63, 3.8) is 0 Å². The van der Waals surface area contributed by atoms with E-state index in [0.29, 0.717) is 24.1 Å². The normalized spacial score (nSPS) is 10.9. The van der Waals surface area contributed by atoms with Gasteiger partial charge in [0, 0.05) is 5.56 Å². The second-order valence-electron chi connectivity index (χ2n) is 4.95. The molecule has 0 saturated heterocycles. The Hall–Kier alpha value is -2.76. The van der Waals surface area contributed by atoms with Crippen molar-refractivity contribution in [2.24, 2.45) is 5.10 Å². The van der Waals surface area contributed by atoms with Crippen LogP contribution in [0.3, 0.4) is 0 Å². The van der Waals surface area contributed by atoms with Crippen molar-refractivity contribution in [1.82, 2.24) is 9.66 Å². The summed E-state index contributed by atoms with van der Waals surface area (Å²) in [5, 5.41) is 4.31. The summed E-state index contributed by atoms with van der Waals surface area (Å²) in [5.74, 6) is 1.59. The number of imidazole rings is 1. The Morgan fingerprint density at radius 2 is 2.27 bits per heavy atom. The number of anilines is 1. The molecule has 0 atom stereocenters. The lowest BCUT2D eigenvalue weighted by Crippen LogP contribution is -2.03. The number of nitrogens with two attached hydrogens (primary N) is 1. The third-order valence-electron chi connectivity index (χ3n) is 2.85. The van der Waals surface area contributed by atoms with Crippen LogP contribution in [-0.4, -0.2) is 29.6 Å². The van der Waals surface area contributed by atoms with Gasteiger partial charge in [0.2, 0.25) is 5.95 Å². The Bertz CT molecular complexity index is 704. The van der Waals surface area contributed by atoms with Crippen LogP contribution in [0.4, 0.5) is 5.95 Å². The van der Waals surface area contributed by atoms with Crippen molar-refractivity contribution in [2.75, 3.05) is 19.5 Å². The van der Waals surface area contributed by atoms with E-state index in [-0.39, 0.29) is 0 Å². The highest BCUT2D eigenvalue weighted by Crippen LogP contribution is 2.30. The Morgan fingerprint density at radius 3 is 2.86 bits per heavy atom. The van der Waals surface area contributed by atoms with E-state index in [2.05, 4.69) is 16.7 Å². The van der Waals surface area contributed by atoms with Crippen molar-refractivity contribution in [2.45, 2.75) is 13.8 Å². The second kappa shape index (κ2) is 6.80. The van der Waals surface area contributed by atoms with Gasteiger partial charge in [-0.25, -0.2) is 9.66 Å². The van der Waals surface area contributed by atoms with Crippen LogP contribution in [-0.2, 0) is 0 Å². The lowest BCUT2D eigenvalue weighted by atomic mass is 10.2. The number of aryl methyl sites for hydroxylation is 1. The average molecular weight is 300 g/mol. The lowest BCUT2D eigenvalue weighted by Gasteiger charge is -2.13. The molecule has 0 fully saturated rings. The van der Waals surface area contributed by atoms with Crippen molar-refractivity contribution < 1.29 is 9.47 Å². The maximum Gasteiger partial charge on any atom is 0.221 e. The van der Waals surface area contributed by atoms with Crippen LogP contribution in [0.5, 0.6) is 11.5 Å². The fourth-order valence-corrected chi connectivity index (χ4v) is 1.87. The largest absolute Gasteiger partial charge is 0.493 e. The van der Waals surface area contributed by atoms with Gasteiger partial charge in [0.05, 0.1) is 25.2 Å². The zero-order valence-corrected chi connectivity index (χ0v) is 13.0. The zero-order valence-electron chi connectivity index (χ0n) is 13.0. The van der Waals surface area contributed by atoms with Gasteiger partial charge in [0.25, 0.3) is 0 Å². The number of benzene rings is 1. The predicted octanol–water partition coefficient (Wildman–Crippen LogP) is 2.62. The maximum absolute atomic E-state index is 5.77. The molecule has 0 aliphatic carbocycles. The third kappa shape index (κ3) is 3.66. The van der Waals surface area contributed by atoms with E-state index in [1.54, 1.807) is 19.5 Å². The van der Waals surface area contributed by atoms with E-state index in [1.165, 1.54) is 4.68 Å². The molecule has 1 heterocycles. The monoisotopic (exact) mass is 300 g/mol. The first kappa shape index (κ1) is 15.6. The summed E-state index contributed by atoms with van der Waals surface area (Å²) in [5.41, 5.74) is 8.28. The Kier molecular flexibility index (Phi) is 4.83. The van der Waals surface area contributed by atoms with Crippen LogP contribution in [0.15, 0.2) is 41.6 Å². The predicted molar refractivity (Wildman–Crippen MR) is 87.7 cm³/mol. The van der Waals surface area contributed by atoms with Crippen LogP contribution in [0.2, 0.25) is 0 Å². The van der Waals surface area contributed by atoms with Crippen LogP contribution < -0.4 is 15.2 Å². The molecular weight excluding hydrogens is 280 g/mol. The highest BCUT2D eigenvalue weighted by molar-refractivity contribution is 5.85. The minimum atomic E-state index is 0.334. The first-order chi connectivity index (χ1) is 10.5. The first-order valence-corrected chi connectivity index (χ1v) is 6.81. The molecule has 6 heteroatoms. The molecule has 0 radical (unpaired) electrons. The van der Waals surface area contributed by atoms with Crippen molar-refractivity contribution in [3.05, 3.63) is 47.8 Å². The van der Waals surface area contributed by atoms with E-state index in [4.69, 9.17) is 15.2 Å². The molecule has 1 aromatic heterocycles. The van der Waals surface area contributed by atoms with Crippen LogP contribution in [0.25, 0.3) is 0 Å². The first-order valence-electron chi connectivity index (χ1n) is 6.81. The van der Waals surface area contributed by atoms with E-state index < -0.39 is 0 Å². The minimum Gasteiger partial charge on any atom is -0.493 e. The molecule has 2 aromatic rings. The number of para-hydroxylation sites is 1. The summed E-state index contributed by atoms with van der Waals surface area (Å²) in [6.07, 6.45) is 3.41. The van der Waals surface area contributed by atoms with Gasteiger partial charge < -0.3 is 15.2 Å². The van der Waals surface area contributed by atoms with Crippen molar-refractivity contribution in [3.8, 4) is 11.5 Å². The summed E-state index contributed by atoms with van der Waals surface area (Å²) in [6, 6.07) is 5.59. The quantitative estimate of drug-likeness (QED) is 0.657. The van der Waals surface area contributed by atoms with Gasteiger partial charge in [-0.05, 0) is 31.6 Å². The molecule has 22 heavy (non-hydrogen) atoms. The molecule has 2 N–H and O–H groups in total. The average Bonchev–Trinajstić information content (AvgIpc) is 2.80. The Balaban J connectivity index is 2.33. The molecule has 0 aliphatic rings. The van der Waals surface area contributed by atoms with Gasteiger partial charge in [0.15, 0.2) is 11.5 Å². The minimum absolute atomic E-state index is 0.334.